The van der Waals surface area contributed by atoms with Crippen LogP contribution in [-0.2, 0) is 6.54 Å². The van der Waals surface area contributed by atoms with Gasteiger partial charge in [-0.15, -0.1) is 0 Å². The summed E-state index contributed by atoms with van der Waals surface area (Å²) < 4.78 is 13.6. The summed E-state index contributed by atoms with van der Waals surface area (Å²) in [5.74, 6) is -0.267. The number of benzene rings is 2. The monoisotopic (exact) mass is 277 g/mol. The zero-order chi connectivity index (χ0) is 13.8. The fraction of sp³-hybridized carbons (Fsp3) is 0.250. The van der Waals surface area contributed by atoms with Crippen LogP contribution in [0.25, 0.3) is 0 Å². The van der Waals surface area contributed by atoms with E-state index in [9.17, 15) is 4.39 Å². The Hall–Kier alpha value is -1.38. The topological polar surface area (TPSA) is 12.0 Å². The van der Waals surface area contributed by atoms with Crippen molar-refractivity contribution >= 4 is 11.6 Å². The molecule has 2 aromatic rings. The summed E-state index contributed by atoms with van der Waals surface area (Å²) in [4.78, 5) is 0. The van der Waals surface area contributed by atoms with Gasteiger partial charge in [0.25, 0.3) is 0 Å². The summed E-state index contributed by atoms with van der Waals surface area (Å²) >= 11 is 6.00. The van der Waals surface area contributed by atoms with Crippen molar-refractivity contribution in [2.45, 2.75) is 26.4 Å². The zero-order valence-electron chi connectivity index (χ0n) is 11.1. The molecule has 1 nitrogen and oxygen atoms in total. The number of hydrogen-bond donors (Lipinski definition) is 1. The van der Waals surface area contributed by atoms with Crippen LogP contribution in [0.2, 0.25) is 5.02 Å². The Labute approximate surface area is 118 Å². The molecule has 0 aromatic heterocycles. The van der Waals surface area contributed by atoms with Gasteiger partial charge in [-0.3, -0.25) is 0 Å². The highest BCUT2D eigenvalue weighted by Gasteiger charge is 2.09. The van der Waals surface area contributed by atoms with E-state index < -0.39 is 0 Å². The second-order valence-corrected chi connectivity index (χ2v) is 5.12. The van der Waals surface area contributed by atoms with Crippen LogP contribution in [0.15, 0.2) is 42.5 Å². The average molecular weight is 278 g/mol. The molecule has 0 aliphatic rings. The van der Waals surface area contributed by atoms with Crippen LogP contribution in [0.4, 0.5) is 4.39 Å². The molecule has 0 heterocycles. The molecule has 1 atom stereocenters. The maximum absolute atomic E-state index is 13.6. The highest BCUT2D eigenvalue weighted by molar-refractivity contribution is 6.31. The summed E-state index contributed by atoms with van der Waals surface area (Å²) in [6.07, 6.45) is 0. The van der Waals surface area contributed by atoms with Crippen LogP contribution < -0.4 is 5.32 Å². The van der Waals surface area contributed by atoms with Gasteiger partial charge >= 0.3 is 0 Å². The maximum atomic E-state index is 13.6. The lowest BCUT2D eigenvalue weighted by Gasteiger charge is -2.15. The summed E-state index contributed by atoms with van der Waals surface area (Å²) in [7, 11) is 0. The van der Waals surface area contributed by atoms with E-state index in [0.29, 0.717) is 17.1 Å². The molecular formula is C16H17ClFN. The maximum Gasteiger partial charge on any atom is 0.129 e. The van der Waals surface area contributed by atoms with Gasteiger partial charge in [0, 0.05) is 23.2 Å². The van der Waals surface area contributed by atoms with Crippen molar-refractivity contribution in [2.75, 3.05) is 0 Å². The molecule has 0 fully saturated rings. The molecule has 2 aromatic carbocycles. The van der Waals surface area contributed by atoms with Gasteiger partial charge in [-0.2, -0.15) is 0 Å². The number of rotatable bonds is 4. The van der Waals surface area contributed by atoms with Crippen molar-refractivity contribution in [2.24, 2.45) is 0 Å². The molecule has 1 unspecified atom stereocenters. The minimum Gasteiger partial charge on any atom is -0.306 e. The van der Waals surface area contributed by atoms with Gasteiger partial charge in [0.05, 0.1) is 0 Å². The molecule has 0 saturated carbocycles. The van der Waals surface area contributed by atoms with E-state index in [1.807, 2.05) is 0 Å². The molecule has 2 rings (SSSR count). The number of nitrogens with one attached hydrogen (secondary N) is 1. The van der Waals surface area contributed by atoms with E-state index in [1.165, 1.54) is 17.2 Å². The Bertz CT molecular complexity index is 531. The molecule has 0 aliphatic heterocycles. The summed E-state index contributed by atoms with van der Waals surface area (Å²) in [6, 6.07) is 13.2. The fourth-order valence-electron chi connectivity index (χ4n) is 1.93. The minimum absolute atomic E-state index is 0.149. The first-order valence-corrected chi connectivity index (χ1v) is 6.68. The van der Waals surface area contributed by atoms with Crippen molar-refractivity contribution in [1.29, 1.82) is 0 Å². The highest BCUT2D eigenvalue weighted by atomic mass is 35.5. The quantitative estimate of drug-likeness (QED) is 0.858. The Morgan fingerprint density at radius 2 is 1.84 bits per heavy atom. The molecule has 1 N–H and O–H groups in total. The van der Waals surface area contributed by atoms with E-state index in [1.54, 1.807) is 12.1 Å². The van der Waals surface area contributed by atoms with Gasteiger partial charge in [0.1, 0.15) is 5.82 Å². The van der Waals surface area contributed by atoms with Crippen LogP contribution in [-0.4, -0.2) is 0 Å². The molecule has 19 heavy (non-hydrogen) atoms. The van der Waals surface area contributed by atoms with Crippen LogP contribution in [0, 0.1) is 12.7 Å². The van der Waals surface area contributed by atoms with Crippen LogP contribution in [0.3, 0.4) is 0 Å². The van der Waals surface area contributed by atoms with Crippen molar-refractivity contribution in [3.05, 3.63) is 70.0 Å². The Kier molecular flexibility index (Phi) is 4.56. The first-order chi connectivity index (χ1) is 9.08. The summed E-state index contributed by atoms with van der Waals surface area (Å²) in [6.45, 7) is 4.53. The lowest BCUT2D eigenvalue weighted by atomic mass is 10.1. The molecule has 0 bridgehead atoms. The van der Waals surface area contributed by atoms with Gasteiger partial charge < -0.3 is 5.32 Å². The fourth-order valence-corrected chi connectivity index (χ4v) is 2.16. The number of halogens is 2. The predicted octanol–water partition coefficient (Wildman–Crippen LogP) is 4.64. The zero-order valence-corrected chi connectivity index (χ0v) is 11.8. The third-order valence-corrected chi connectivity index (χ3v) is 3.58. The third-order valence-electron chi connectivity index (χ3n) is 3.22. The van der Waals surface area contributed by atoms with Crippen LogP contribution in [0.5, 0.6) is 0 Å². The van der Waals surface area contributed by atoms with E-state index in [2.05, 4.69) is 43.4 Å². The minimum atomic E-state index is -0.267. The van der Waals surface area contributed by atoms with E-state index >= 15 is 0 Å². The molecule has 0 aliphatic carbocycles. The standard InChI is InChI=1S/C16H17ClFN/c1-11-6-8-13(9-7-11)12(2)19-10-14-15(17)4-3-5-16(14)18/h3-9,12,19H,10H2,1-2H3. The molecule has 3 heteroatoms. The lowest BCUT2D eigenvalue weighted by molar-refractivity contribution is 0.544. The normalized spacial score (nSPS) is 12.4. The number of aryl methyl sites for hydroxylation is 1. The van der Waals surface area contributed by atoms with Gasteiger partial charge in [0.15, 0.2) is 0 Å². The second kappa shape index (κ2) is 6.18. The largest absolute Gasteiger partial charge is 0.306 e. The smallest absolute Gasteiger partial charge is 0.129 e. The molecule has 0 radical (unpaired) electrons. The first kappa shape index (κ1) is 14.0. The SMILES string of the molecule is Cc1ccc(C(C)NCc2c(F)cccc2Cl)cc1. The van der Waals surface area contributed by atoms with E-state index in [4.69, 9.17) is 11.6 Å². The third kappa shape index (κ3) is 3.55. The van der Waals surface area contributed by atoms with Gasteiger partial charge in [-0.1, -0.05) is 47.5 Å². The average Bonchev–Trinajstić information content (AvgIpc) is 2.38. The van der Waals surface area contributed by atoms with Crippen molar-refractivity contribution in [3.63, 3.8) is 0 Å². The Morgan fingerprint density at radius 3 is 2.47 bits per heavy atom. The van der Waals surface area contributed by atoms with Crippen LogP contribution in [0.1, 0.15) is 29.7 Å². The molecule has 0 saturated heterocycles. The molecule has 0 spiro atoms. The van der Waals surface area contributed by atoms with E-state index in [0.717, 1.165) is 0 Å². The van der Waals surface area contributed by atoms with Crippen LogP contribution >= 0.6 is 11.6 Å². The van der Waals surface area contributed by atoms with Crippen molar-refractivity contribution in [1.82, 2.24) is 5.32 Å². The van der Waals surface area contributed by atoms with Crippen molar-refractivity contribution in [3.8, 4) is 0 Å². The van der Waals surface area contributed by atoms with Crippen molar-refractivity contribution < 1.29 is 4.39 Å². The van der Waals surface area contributed by atoms with Gasteiger partial charge in [-0.05, 0) is 31.5 Å². The molecule has 100 valence electrons. The summed E-state index contributed by atoms with van der Waals surface area (Å²) in [5.41, 5.74) is 2.93. The molecule has 0 amide bonds. The highest BCUT2D eigenvalue weighted by Crippen LogP contribution is 2.20. The van der Waals surface area contributed by atoms with E-state index in [-0.39, 0.29) is 11.9 Å². The van der Waals surface area contributed by atoms with Gasteiger partial charge in [-0.25, -0.2) is 4.39 Å². The predicted molar refractivity (Wildman–Crippen MR) is 77.8 cm³/mol. The first-order valence-electron chi connectivity index (χ1n) is 6.31. The molecular weight excluding hydrogens is 261 g/mol. The Morgan fingerprint density at radius 1 is 1.16 bits per heavy atom. The Balaban J connectivity index is 2.04. The van der Waals surface area contributed by atoms with Gasteiger partial charge in [0.2, 0.25) is 0 Å². The lowest BCUT2D eigenvalue weighted by Crippen LogP contribution is -2.19. The second-order valence-electron chi connectivity index (χ2n) is 4.71. The summed E-state index contributed by atoms with van der Waals surface area (Å²) in [5, 5.41) is 3.75. The number of hydrogen-bond acceptors (Lipinski definition) is 1.